The molecule has 0 aliphatic carbocycles. The fraction of sp³-hybridized carbons (Fsp3) is 0.200. The highest BCUT2D eigenvalue weighted by Gasteiger charge is 2.25. The normalized spacial score (nSPS) is 14.6. The van der Waals surface area contributed by atoms with Gasteiger partial charge in [-0.25, -0.2) is 15.0 Å². The van der Waals surface area contributed by atoms with Crippen molar-refractivity contribution in [2.45, 2.75) is 0 Å². The van der Waals surface area contributed by atoms with Crippen LogP contribution >= 0.6 is 22.7 Å². The van der Waals surface area contributed by atoms with Crippen LogP contribution in [-0.4, -0.2) is 51.9 Å². The van der Waals surface area contributed by atoms with Crippen molar-refractivity contribution >= 4 is 44.1 Å². The molecule has 0 saturated carbocycles. The fourth-order valence-electron chi connectivity index (χ4n) is 3.24. The standard InChI is InChI=1S/C20H17N5OS2/c26-19(16-13-22-17(27-16)14-5-2-1-3-6-14)24-9-11-25(12-10-24)20-23-15-7-4-8-21-18(15)28-20/h1-8,13H,9-12H2. The summed E-state index contributed by atoms with van der Waals surface area (Å²) in [5.41, 5.74) is 1.97. The third kappa shape index (κ3) is 3.25. The molecule has 6 nitrogen and oxygen atoms in total. The molecule has 1 aromatic carbocycles. The van der Waals surface area contributed by atoms with Gasteiger partial charge in [0.25, 0.3) is 5.91 Å². The summed E-state index contributed by atoms with van der Waals surface area (Å²) in [7, 11) is 0. The van der Waals surface area contributed by atoms with Crippen molar-refractivity contribution in [3.05, 3.63) is 59.7 Å². The smallest absolute Gasteiger partial charge is 0.265 e. The molecule has 0 radical (unpaired) electrons. The first-order chi connectivity index (χ1) is 13.8. The van der Waals surface area contributed by atoms with Crippen LogP contribution in [0.15, 0.2) is 54.9 Å². The maximum atomic E-state index is 12.9. The number of thiazole rings is 2. The van der Waals surface area contributed by atoms with Crippen LogP contribution in [0.4, 0.5) is 5.13 Å². The lowest BCUT2D eigenvalue weighted by Crippen LogP contribution is -2.48. The quantitative estimate of drug-likeness (QED) is 0.517. The van der Waals surface area contributed by atoms with Crippen LogP contribution in [0.5, 0.6) is 0 Å². The van der Waals surface area contributed by atoms with Gasteiger partial charge in [0, 0.05) is 37.9 Å². The van der Waals surface area contributed by atoms with E-state index >= 15 is 0 Å². The molecular weight excluding hydrogens is 390 g/mol. The number of nitrogens with zero attached hydrogens (tertiary/aromatic N) is 5. The highest BCUT2D eigenvalue weighted by molar-refractivity contribution is 7.21. The van der Waals surface area contributed by atoms with E-state index in [0.29, 0.717) is 18.0 Å². The zero-order valence-electron chi connectivity index (χ0n) is 15.0. The predicted octanol–water partition coefficient (Wildman–Crippen LogP) is 3.78. The van der Waals surface area contributed by atoms with Gasteiger partial charge in [0.1, 0.15) is 20.2 Å². The maximum Gasteiger partial charge on any atom is 0.265 e. The predicted molar refractivity (Wildman–Crippen MR) is 113 cm³/mol. The summed E-state index contributed by atoms with van der Waals surface area (Å²) < 4.78 is 0. The van der Waals surface area contributed by atoms with Gasteiger partial charge in [-0.05, 0) is 12.1 Å². The summed E-state index contributed by atoms with van der Waals surface area (Å²) >= 11 is 3.06. The first kappa shape index (κ1) is 17.3. The molecule has 28 heavy (non-hydrogen) atoms. The second-order valence-corrected chi connectivity index (χ2v) is 8.49. The minimum absolute atomic E-state index is 0.0605. The molecule has 0 N–H and O–H groups in total. The number of piperazine rings is 1. The highest BCUT2D eigenvalue weighted by Crippen LogP contribution is 2.29. The van der Waals surface area contributed by atoms with E-state index in [9.17, 15) is 4.79 Å². The largest absolute Gasteiger partial charge is 0.344 e. The van der Waals surface area contributed by atoms with Crippen LogP contribution in [0.2, 0.25) is 0 Å². The SMILES string of the molecule is O=C(c1cnc(-c2ccccc2)s1)N1CCN(c2nc3cccnc3s2)CC1. The Morgan fingerprint density at radius 1 is 0.929 bits per heavy atom. The van der Waals surface area contributed by atoms with Crippen LogP contribution in [0.1, 0.15) is 9.67 Å². The molecule has 3 aromatic heterocycles. The number of fused-ring (bicyclic) bond motifs is 1. The number of anilines is 1. The number of aromatic nitrogens is 3. The van der Waals surface area contributed by atoms with E-state index in [4.69, 9.17) is 0 Å². The lowest BCUT2D eigenvalue weighted by molar-refractivity contribution is 0.0751. The van der Waals surface area contributed by atoms with Crippen LogP contribution < -0.4 is 4.90 Å². The molecule has 0 bridgehead atoms. The lowest BCUT2D eigenvalue weighted by atomic mass is 10.2. The van der Waals surface area contributed by atoms with Gasteiger partial charge < -0.3 is 9.80 Å². The molecule has 5 rings (SSSR count). The molecule has 1 aliphatic heterocycles. The van der Waals surface area contributed by atoms with E-state index in [2.05, 4.69) is 19.9 Å². The van der Waals surface area contributed by atoms with Gasteiger partial charge in [0.2, 0.25) is 0 Å². The van der Waals surface area contributed by atoms with Gasteiger partial charge >= 0.3 is 0 Å². The van der Waals surface area contributed by atoms with E-state index in [1.54, 1.807) is 23.7 Å². The highest BCUT2D eigenvalue weighted by atomic mass is 32.1. The zero-order chi connectivity index (χ0) is 18.9. The van der Waals surface area contributed by atoms with Crippen molar-refractivity contribution in [1.29, 1.82) is 0 Å². The second-order valence-electron chi connectivity index (χ2n) is 6.50. The van der Waals surface area contributed by atoms with Crippen molar-refractivity contribution in [1.82, 2.24) is 19.9 Å². The molecule has 0 spiro atoms. The van der Waals surface area contributed by atoms with E-state index in [-0.39, 0.29) is 5.91 Å². The van der Waals surface area contributed by atoms with Gasteiger partial charge in [0.15, 0.2) is 5.13 Å². The Morgan fingerprint density at radius 2 is 1.75 bits per heavy atom. The van der Waals surface area contributed by atoms with E-state index in [0.717, 1.165) is 39.1 Å². The molecule has 0 unspecified atom stereocenters. The van der Waals surface area contributed by atoms with Crippen molar-refractivity contribution in [2.75, 3.05) is 31.1 Å². The van der Waals surface area contributed by atoms with Gasteiger partial charge in [0.05, 0.1) is 6.20 Å². The van der Waals surface area contributed by atoms with Crippen molar-refractivity contribution < 1.29 is 4.79 Å². The van der Waals surface area contributed by atoms with Crippen LogP contribution in [-0.2, 0) is 0 Å². The first-order valence-electron chi connectivity index (χ1n) is 9.05. The summed E-state index contributed by atoms with van der Waals surface area (Å²) in [5.74, 6) is 0.0605. The van der Waals surface area contributed by atoms with Crippen LogP contribution in [0.25, 0.3) is 20.9 Å². The summed E-state index contributed by atoms with van der Waals surface area (Å²) in [6, 6.07) is 13.9. The Kier molecular flexibility index (Phi) is 4.50. The molecule has 8 heteroatoms. The summed E-state index contributed by atoms with van der Waals surface area (Å²) in [4.78, 5) is 32.1. The average Bonchev–Trinajstić information content (AvgIpc) is 3.41. The minimum Gasteiger partial charge on any atom is -0.344 e. The molecule has 0 atom stereocenters. The molecule has 140 valence electrons. The molecule has 1 fully saturated rings. The first-order valence-corrected chi connectivity index (χ1v) is 10.7. The Morgan fingerprint density at radius 3 is 2.54 bits per heavy atom. The van der Waals surface area contributed by atoms with Gasteiger partial charge in [-0.2, -0.15) is 0 Å². The topological polar surface area (TPSA) is 62.2 Å². The van der Waals surface area contributed by atoms with Crippen LogP contribution in [0, 0.1) is 0 Å². The average molecular weight is 408 g/mol. The van der Waals surface area contributed by atoms with Gasteiger partial charge in [-0.3, -0.25) is 4.79 Å². The number of rotatable bonds is 3. The Bertz CT molecular complexity index is 1080. The van der Waals surface area contributed by atoms with E-state index < -0.39 is 0 Å². The fourth-order valence-corrected chi connectivity index (χ4v) is 5.09. The van der Waals surface area contributed by atoms with Crippen molar-refractivity contribution in [3.8, 4) is 10.6 Å². The number of hydrogen-bond donors (Lipinski definition) is 0. The summed E-state index contributed by atoms with van der Waals surface area (Å²) in [5, 5.41) is 1.86. The van der Waals surface area contributed by atoms with Crippen molar-refractivity contribution in [3.63, 3.8) is 0 Å². The minimum atomic E-state index is 0.0605. The van der Waals surface area contributed by atoms with E-state index in [1.165, 1.54) is 11.3 Å². The molecule has 1 saturated heterocycles. The second kappa shape index (κ2) is 7.29. The number of carbonyl (C=O) groups excluding carboxylic acids is 1. The van der Waals surface area contributed by atoms with Crippen molar-refractivity contribution in [2.24, 2.45) is 0 Å². The molecular formula is C20H17N5OS2. The molecule has 1 aliphatic rings. The zero-order valence-corrected chi connectivity index (χ0v) is 16.6. The number of pyridine rings is 1. The molecule has 4 heterocycles. The summed E-state index contributed by atoms with van der Waals surface area (Å²) in [6.07, 6.45) is 3.49. The molecule has 1 amide bonds. The third-order valence-electron chi connectivity index (χ3n) is 4.73. The lowest BCUT2D eigenvalue weighted by Gasteiger charge is -2.34. The Labute approximate surface area is 170 Å². The number of hydrogen-bond acceptors (Lipinski definition) is 7. The Balaban J connectivity index is 1.26. The number of carbonyl (C=O) groups is 1. The Hall–Kier alpha value is -2.84. The van der Waals surface area contributed by atoms with Crippen LogP contribution in [0.3, 0.4) is 0 Å². The molecule has 4 aromatic rings. The number of benzene rings is 1. The third-order valence-corrected chi connectivity index (χ3v) is 6.80. The number of amides is 1. The maximum absolute atomic E-state index is 12.9. The van der Waals surface area contributed by atoms with Gasteiger partial charge in [-0.1, -0.05) is 41.7 Å². The monoisotopic (exact) mass is 407 g/mol. The summed E-state index contributed by atoms with van der Waals surface area (Å²) in [6.45, 7) is 2.91. The van der Waals surface area contributed by atoms with Gasteiger partial charge in [-0.15, -0.1) is 11.3 Å². The van der Waals surface area contributed by atoms with E-state index in [1.807, 2.05) is 47.4 Å².